The minimum Gasteiger partial charge on any atom is -0.476 e. The summed E-state index contributed by atoms with van der Waals surface area (Å²) in [4.78, 5) is 32.4. The second-order valence-electron chi connectivity index (χ2n) is 5.33. The highest BCUT2D eigenvalue weighted by Gasteiger charge is 2.21. The van der Waals surface area contributed by atoms with Gasteiger partial charge in [-0.3, -0.25) is 4.79 Å². The Morgan fingerprint density at radius 2 is 1.75 bits per heavy atom. The van der Waals surface area contributed by atoms with E-state index in [1.807, 2.05) is 30.3 Å². The molecule has 1 aliphatic heterocycles. The Hall–Kier alpha value is -2.73. The lowest BCUT2D eigenvalue weighted by molar-refractivity contribution is 0.0686. The van der Waals surface area contributed by atoms with Crippen molar-refractivity contribution in [2.75, 3.05) is 13.1 Å². The van der Waals surface area contributed by atoms with Gasteiger partial charge in [0.15, 0.2) is 5.69 Å². The van der Waals surface area contributed by atoms with Gasteiger partial charge in [0.25, 0.3) is 5.91 Å². The fourth-order valence-corrected chi connectivity index (χ4v) is 2.62. The molecule has 0 fully saturated rings. The number of aromatic carboxylic acids is 1. The molecule has 1 amide bonds. The summed E-state index contributed by atoms with van der Waals surface area (Å²) in [5.41, 5.74) is 2.22. The zero-order valence-electron chi connectivity index (χ0n) is 12.6. The topological polar surface area (TPSA) is 83.4 Å². The van der Waals surface area contributed by atoms with Crippen LogP contribution in [0, 0.1) is 0 Å². The SMILES string of the molecule is O=C(O)c1cnc(C(=O)N2CC=C(c3ccc(Cl)cc3)CC2)cn1. The smallest absolute Gasteiger partial charge is 0.356 e. The highest BCUT2D eigenvalue weighted by Crippen LogP contribution is 2.24. The van der Waals surface area contributed by atoms with Gasteiger partial charge in [-0.25, -0.2) is 14.8 Å². The first-order chi connectivity index (χ1) is 11.5. The largest absolute Gasteiger partial charge is 0.476 e. The zero-order chi connectivity index (χ0) is 17.1. The average molecular weight is 344 g/mol. The Labute approximate surface area is 143 Å². The highest BCUT2D eigenvalue weighted by atomic mass is 35.5. The van der Waals surface area contributed by atoms with Gasteiger partial charge in [-0.2, -0.15) is 0 Å². The summed E-state index contributed by atoms with van der Waals surface area (Å²) < 4.78 is 0. The molecular formula is C17H14ClN3O3. The molecule has 2 aromatic rings. The molecule has 0 atom stereocenters. The van der Waals surface area contributed by atoms with Gasteiger partial charge >= 0.3 is 5.97 Å². The van der Waals surface area contributed by atoms with Crippen molar-refractivity contribution in [1.82, 2.24) is 14.9 Å². The van der Waals surface area contributed by atoms with Gasteiger partial charge in [0, 0.05) is 18.1 Å². The molecule has 1 aliphatic rings. The summed E-state index contributed by atoms with van der Waals surface area (Å²) in [5, 5.41) is 9.49. The first kappa shape index (κ1) is 16.1. The number of hydrogen-bond donors (Lipinski definition) is 1. The molecule has 7 heteroatoms. The van der Waals surface area contributed by atoms with E-state index >= 15 is 0 Å². The minimum atomic E-state index is -1.17. The van der Waals surface area contributed by atoms with Gasteiger partial charge in [0.05, 0.1) is 12.4 Å². The minimum absolute atomic E-state index is 0.142. The Bertz CT molecular complexity index is 801. The van der Waals surface area contributed by atoms with Crippen molar-refractivity contribution in [3.63, 3.8) is 0 Å². The van der Waals surface area contributed by atoms with Crippen LogP contribution >= 0.6 is 11.6 Å². The quantitative estimate of drug-likeness (QED) is 0.926. The Morgan fingerprint density at radius 1 is 1.08 bits per heavy atom. The van der Waals surface area contributed by atoms with Crippen LogP contribution in [0.2, 0.25) is 5.02 Å². The number of hydrogen-bond acceptors (Lipinski definition) is 4. The molecule has 1 N–H and O–H groups in total. The Kier molecular flexibility index (Phi) is 4.57. The van der Waals surface area contributed by atoms with Crippen molar-refractivity contribution >= 4 is 29.1 Å². The van der Waals surface area contributed by atoms with Crippen molar-refractivity contribution in [2.24, 2.45) is 0 Å². The number of amides is 1. The van der Waals surface area contributed by atoms with Crippen molar-refractivity contribution in [3.05, 3.63) is 64.7 Å². The van der Waals surface area contributed by atoms with Crippen LogP contribution in [0.4, 0.5) is 0 Å². The molecule has 0 bridgehead atoms. The number of nitrogens with zero attached hydrogens (tertiary/aromatic N) is 3. The lowest BCUT2D eigenvalue weighted by Crippen LogP contribution is -2.35. The van der Waals surface area contributed by atoms with Gasteiger partial charge in [-0.15, -0.1) is 0 Å². The third-order valence-corrected chi connectivity index (χ3v) is 4.05. The maximum absolute atomic E-state index is 12.4. The molecule has 0 spiro atoms. The molecule has 0 unspecified atom stereocenters. The average Bonchev–Trinajstić information content (AvgIpc) is 2.62. The van der Waals surface area contributed by atoms with E-state index in [1.165, 1.54) is 11.8 Å². The maximum atomic E-state index is 12.4. The van der Waals surface area contributed by atoms with Crippen LogP contribution in [0.25, 0.3) is 5.57 Å². The van der Waals surface area contributed by atoms with Crippen LogP contribution in [-0.2, 0) is 0 Å². The third-order valence-electron chi connectivity index (χ3n) is 3.80. The lowest BCUT2D eigenvalue weighted by Gasteiger charge is -2.26. The molecule has 3 rings (SSSR count). The van der Waals surface area contributed by atoms with E-state index in [2.05, 4.69) is 9.97 Å². The number of carbonyl (C=O) groups is 2. The van der Waals surface area contributed by atoms with Gasteiger partial charge in [-0.1, -0.05) is 29.8 Å². The van der Waals surface area contributed by atoms with Crippen LogP contribution in [0.3, 0.4) is 0 Å². The van der Waals surface area contributed by atoms with Crippen molar-refractivity contribution in [2.45, 2.75) is 6.42 Å². The van der Waals surface area contributed by atoms with E-state index in [0.717, 1.165) is 18.2 Å². The maximum Gasteiger partial charge on any atom is 0.356 e. The second-order valence-corrected chi connectivity index (χ2v) is 5.77. The van der Waals surface area contributed by atoms with Crippen LogP contribution in [-0.4, -0.2) is 44.9 Å². The van der Waals surface area contributed by atoms with Gasteiger partial charge < -0.3 is 10.0 Å². The first-order valence-corrected chi connectivity index (χ1v) is 7.72. The normalized spacial score (nSPS) is 14.2. The summed E-state index contributed by atoms with van der Waals surface area (Å²) in [6, 6.07) is 7.60. The van der Waals surface area contributed by atoms with E-state index in [0.29, 0.717) is 18.1 Å². The molecule has 24 heavy (non-hydrogen) atoms. The number of benzene rings is 1. The number of aromatic nitrogens is 2. The fraction of sp³-hybridized carbons (Fsp3) is 0.176. The van der Waals surface area contributed by atoms with Crippen LogP contribution in [0.15, 0.2) is 42.7 Å². The van der Waals surface area contributed by atoms with Crippen molar-refractivity contribution < 1.29 is 14.7 Å². The summed E-state index contributed by atoms with van der Waals surface area (Å²) in [6.45, 7) is 1.04. The molecular weight excluding hydrogens is 330 g/mol. The fourth-order valence-electron chi connectivity index (χ4n) is 2.49. The van der Waals surface area contributed by atoms with Crippen molar-refractivity contribution in [3.8, 4) is 0 Å². The van der Waals surface area contributed by atoms with Crippen LogP contribution in [0.5, 0.6) is 0 Å². The molecule has 0 saturated carbocycles. The monoisotopic (exact) mass is 343 g/mol. The number of rotatable bonds is 3. The molecule has 0 saturated heterocycles. The van der Waals surface area contributed by atoms with Crippen LogP contribution < -0.4 is 0 Å². The molecule has 6 nitrogen and oxygen atoms in total. The molecule has 0 aliphatic carbocycles. The summed E-state index contributed by atoms with van der Waals surface area (Å²) in [6.07, 6.45) is 5.02. The van der Waals surface area contributed by atoms with E-state index < -0.39 is 5.97 Å². The summed E-state index contributed by atoms with van der Waals surface area (Å²) in [5.74, 6) is -1.43. The third kappa shape index (κ3) is 3.44. The molecule has 1 aromatic carbocycles. The Balaban J connectivity index is 1.70. The predicted molar refractivity (Wildman–Crippen MR) is 88.9 cm³/mol. The van der Waals surface area contributed by atoms with E-state index in [9.17, 15) is 9.59 Å². The number of carbonyl (C=O) groups excluding carboxylic acids is 1. The zero-order valence-corrected chi connectivity index (χ0v) is 13.4. The predicted octanol–water partition coefficient (Wildman–Crippen LogP) is 2.76. The summed E-state index contributed by atoms with van der Waals surface area (Å²) in [7, 11) is 0. The molecule has 0 radical (unpaired) electrons. The number of carboxylic acid groups (broad SMARTS) is 1. The van der Waals surface area contributed by atoms with Crippen molar-refractivity contribution in [1.29, 1.82) is 0 Å². The Morgan fingerprint density at radius 3 is 2.29 bits per heavy atom. The standard InChI is InChI=1S/C17H14ClN3O3/c18-13-3-1-11(2-4-13)12-5-7-21(8-6-12)16(22)14-9-20-15(10-19-14)17(23)24/h1-5,9-10H,6-8H2,(H,23,24). The second kappa shape index (κ2) is 6.80. The van der Waals surface area contributed by atoms with Gasteiger partial charge in [0.2, 0.25) is 0 Å². The highest BCUT2D eigenvalue weighted by molar-refractivity contribution is 6.30. The summed E-state index contributed by atoms with van der Waals surface area (Å²) >= 11 is 5.89. The van der Waals surface area contributed by atoms with Gasteiger partial charge in [-0.05, 0) is 29.7 Å². The molecule has 2 heterocycles. The number of halogens is 1. The molecule has 1 aromatic heterocycles. The van der Waals surface area contributed by atoms with E-state index in [-0.39, 0.29) is 17.3 Å². The number of carboxylic acids is 1. The first-order valence-electron chi connectivity index (χ1n) is 7.34. The van der Waals surface area contributed by atoms with E-state index in [4.69, 9.17) is 16.7 Å². The lowest BCUT2D eigenvalue weighted by atomic mass is 9.99. The van der Waals surface area contributed by atoms with Crippen LogP contribution in [0.1, 0.15) is 33.0 Å². The molecule has 122 valence electrons. The van der Waals surface area contributed by atoms with Gasteiger partial charge in [0.1, 0.15) is 5.69 Å². The van der Waals surface area contributed by atoms with E-state index in [1.54, 1.807) is 4.90 Å².